The molecule has 2 rings (SSSR count). The van der Waals surface area contributed by atoms with E-state index in [1.807, 2.05) is 0 Å². The second kappa shape index (κ2) is 4.44. The highest BCUT2D eigenvalue weighted by Gasteiger charge is 2.36. The quantitative estimate of drug-likeness (QED) is 0.543. The van der Waals surface area contributed by atoms with Crippen molar-refractivity contribution in [3.63, 3.8) is 0 Å². The molecule has 0 bridgehead atoms. The molecule has 1 aliphatic rings. The zero-order chi connectivity index (χ0) is 12.6. The Balaban J connectivity index is 2.34. The van der Waals surface area contributed by atoms with Gasteiger partial charge in [-0.25, -0.2) is 4.79 Å². The Kier molecular flexibility index (Phi) is 3.14. The van der Waals surface area contributed by atoms with Gasteiger partial charge < -0.3 is 15.6 Å². The second-order valence-electron chi connectivity index (χ2n) is 4.29. The fourth-order valence-corrected chi connectivity index (χ4v) is 1.95. The topological polar surface area (TPSA) is 112 Å². The molecule has 7 nitrogen and oxygen atoms in total. The van der Waals surface area contributed by atoms with Crippen molar-refractivity contribution >= 4 is 0 Å². The molecule has 0 saturated carbocycles. The Morgan fingerprint density at radius 1 is 1.65 bits per heavy atom. The van der Waals surface area contributed by atoms with Crippen molar-refractivity contribution < 1.29 is 15.6 Å². The fourth-order valence-electron chi connectivity index (χ4n) is 1.95. The molecule has 0 aliphatic carbocycles. The molecule has 3 atom stereocenters. The van der Waals surface area contributed by atoms with E-state index in [0.29, 0.717) is 12.0 Å². The molecule has 0 amide bonds. The molecule has 1 aromatic heterocycles. The lowest BCUT2D eigenvalue weighted by molar-refractivity contribution is -0.428. The molecule has 2 heterocycles. The molecule has 1 saturated heterocycles. The van der Waals surface area contributed by atoms with Crippen LogP contribution in [-0.4, -0.2) is 33.4 Å². The lowest BCUT2D eigenvalue weighted by Crippen LogP contribution is -2.65. The molecule has 0 unspecified atom stereocenters. The van der Waals surface area contributed by atoms with Gasteiger partial charge in [0.2, 0.25) is 0 Å². The zero-order valence-corrected chi connectivity index (χ0v) is 9.55. The van der Waals surface area contributed by atoms with Gasteiger partial charge in [0.05, 0.1) is 6.61 Å². The van der Waals surface area contributed by atoms with Crippen LogP contribution in [-0.2, 0) is 4.74 Å². The molecule has 17 heavy (non-hydrogen) atoms. The molecule has 0 spiro atoms. The Morgan fingerprint density at radius 2 is 2.35 bits per heavy atom. The van der Waals surface area contributed by atoms with Gasteiger partial charge in [0.1, 0.15) is 18.4 Å². The number of nitrogens with zero attached hydrogens (tertiary/aromatic N) is 1. The SMILES string of the molecule is Cc1cn([C@H]2C[C@@H]([NH3+])[C@@H](CO)O2)c(=O)[nH]c1=O. The molecule has 7 heteroatoms. The summed E-state index contributed by atoms with van der Waals surface area (Å²) in [6.45, 7) is 1.50. The van der Waals surface area contributed by atoms with Crippen LogP contribution in [0.25, 0.3) is 0 Å². The number of rotatable bonds is 2. The molecule has 1 fully saturated rings. The summed E-state index contributed by atoms with van der Waals surface area (Å²) in [5.41, 5.74) is 3.41. The first kappa shape index (κ1) is 12.0. The highest BCUT2D eigenvalue weighted by molar-refractivity contribution is 5.01. The number of aliphatic hydroxyl groups is 1. The predicted octanol–water partition coefficient (Wildman–Crippen LogP) is -2.26. The summed E-state index contributed by atoms with van der Waals surface area (Å²) in [4.78, 5) is 25.1. The highest BCUT2D eigenvalue weighted by Crippen LogP contribution is 2.24. The van der Waals surface area contributed by atoms with Crippen LogP contribution in [0, 0.1) is 6.92 Å². The van der Waals surface area contributed by atoms with E-state index in [2.05, 4.69) is 10.7 Å². The third-order valence-electron chi connectivity index (χ3n) is 3.00. The van der Waals surface area contributed by atoms with Crippen LogP contribution in [0.2, 0.25) is 0 Å². The maximum absolute atomic E-state index is 11.6. The standard InChI is InChI=1S/C10H15N3O4/c1-5-3-13(10(16)12-9(5)15)8-2-6(11)7(4-14)17-8/h3,6-8,14H,2,4,11H2,1H3,(H,12,15,16)/p+1/t6-,7-,8-/m1/s1. The number of hydrogen-bond donors (Lipinski definition) is 3. The average Bonchev–Trinajstić information content (AvgIpc) is 2.65. The summed E-state index contributed by atoms with van der Waals surface area (Å²) in [7, 11) is 0. The number of H-pyrrole nitrogens is 1. The van der Waals surface area contributed by atoms with E-state index in [4.69, 9.17) is 9.84 Å². The highest BCUT2D eigenvalue weighted by atomic mass is 16.5. The summed E-state index contributed by atoms with van der Waals surface area (Å²) >= 11 is 0. The summed E-state index contributed by atoms with van der Waals surface area (Å²) in [6, 6.07) is -0.0656. The van der Waals surface area contributed by atoms with Crippen LogP contribution in [0.15, 0.2) is 15.8 Å². The van der Waals surface area contributed by atoms with Crippen molar-refractivity contribution in [2.75, 3.05) is 6.61 Å². The van der Waals surface area contributed by atoms with E-state index in [1.165, 1.54) is 10.8 Å². The van der Waals surface area contributed by atoms with Gasteiger partial charge in [0.15, 0.2) is 0 Å². The minimum atomic E-state index is -0.503. The lowest BCUT2D eigenvalue weighted by atomic mass is 10.1. The molecule has 0 aromatic carbocycles. The largest absolute Gasteiger partial charge is 0.393 e. The van der Waals surface area contributed by atoms with Crippen molar-refractivity contribution in [3.8, 4) is 0 Å². The predicted molar refractivity (Wildman–Crippen MR) is 58.3 cm³/mol. The second-order valence-corrected chi connectivity index (χ2v) is 4.29. The first-order chi connectivity index (χ1) is 8.02. The normalized spacial score (nSPS) is 28.5. The third kappa shape index (κ3) is 2.17. The molecule has 94 valence electrons. The Morgan fingerprint density at radius 3 is 2.94 bits per heavy atom. The Hall–Kier alpha value is -1.44. The zero-order valence-electron chi connectivity index (χ0n) is 9.55. The first-order valence-corrected chi connectivity index (χ1v) is 5.44. The van der Waals surface area contributed by atoms with Crippen LogP contribution >= 0.6 is 0 Å². The maximum atomic E-state index is 11.6. The minimum Gasteiger partial charge on any atom is -0.393 e. The summed E-state index contributed by atoms with van der Waals surface area (Å²) < 4.78 is 6.85. The van der Waals surface area contributed by atoms with Gasteiger partial charge in [-0.05, 0) is 6.92 Å². The number of nitrogens with one attached hydrogen (secondary N) is 1. The van der Waals surface area contributed by atoms with Crippen LogP contribution < -0.4 is 17.0 Å². The maximum Gasteiger partial charge on any atom is 0.330 e. The number of aromatic amines is 1. The molecule has 5 N–H and O–H groups in total. The summed E-state index contributed by atoms with van der Waals surface area (Å²) in [5.74, 6) is 0. The summed E-state index contributed by atoms with van der Waals surface area (Å²) in [6.07, 6.45) is 1.17. The number of ether oxygens (including phenoxy) is 1. The van der Waals surface area contributed by atoms with E-state index in [1.54, 1.807) is 6.92 Å². The number of aliphatic hydroxyl groups excluding tert-OH is 1. The van der Waals surface area contributed by atoms with Gasteiger partial charge in [0, 0.05) is 18.2 Å². The fraction of sp³-hybridized carbons (Fsp3) is 0.600. The number of quaternary nitrogens is 1. The van der Waals surface area contributed by atoms with E-state index >= 15 is 0 Å². The van der Waals surface area contributed by atoms with Crippen molar-refractivity contribution in [1.82, 2.24) is 9.55 Å². The van der Waals surface area contributed by atoms with Gasteiger partial charge in [-0.2, -0.15) is 0 Å². The molecular formula is C10H16N3O4+. The third-order valence-corrected chi connectivity index (χ3v) is 3.00. The molecule has 1 aromatic rings. The monoisotopic (exact) mass is 242 g/mol. The van der Waals surface area contributed by atoms with Gasteiger partial charge in [0.25, 0.3) is 5.56 Å². The van der Waals surface area contributed by atoms with Gasteiger partial charge in [-0.15, -0.1) is 0 Å². The van der Waals surface area contributed by atoms with Gasteiger partial charge in [-0.1, -0.05) is 0 Å². The lowest BCUT2D eigenvalue weighted by Gasteiger charge is -2.13. The molecular weight excluding hydrogens is 226 g/mol. The number of aromatic nitrogens is 2. The Bertz CT molecular complexity index is 521. The minimum absolute atomic E-state index is 0.0656. The van der Waals surface area contributed by atoms with Crippen LogP contribution in [0.4, 0.5) is 0 Å². The van der Waals surface area contributed by atoms with Crippen LogP contribution in [0.5, 0.6) is 0 Å². The van der Waals surface area contributed by atoms with Crippen molar-refractivity contribution in [2.45, 2.75) is 31.7 Å². The smallest absolute Gasteiger partial charge is 0.330 e. The average molecular weight is 242 g/mol. The van der Waals surface area contributed by atoms with Crippen molar-refractivity contribution in [2.24, 2.45) is 0 Å². The first-order valence-electron chi connectivity index (χ1n) is 5.44. The van der Waals surface area contributed by atoms with Crippen LogP contribution in [0.3, 0.4) is 0 Å². The van der Waals surface area contributed by atoms with Gasteiger partial charge in [-0.3, -0.25) is 14.3 Å². The van der Waals surface area contributed by atoms with E-state index in [0.717, 1.165) is 0 Å². The number of hydrogen-bond acceptors (Lipinski definition) is 4. The van der Waals surface area contributed by atoms with Crippen molar-refractivity contribution in [3.05, 3.63) is 32.6 Å². The number of aryl methyl sites for hydroxylation is 1. The Labute approximate surface area is 96.8 Å². The molecule has 0 radical (unpaired) electrons. The van der Waals surface area contributed by atoms with Gasteiger partial charge >= 0.3 is 5.69 Å². The van der Waals surface area contributed by atoms with E-state index < -0.39 is 17.5 Å². The van der Waals surface area contributed by atoms with E-state index in [-0.39, 0.29) is 18.8 Å². The summed E-state index contributed by atoms with van der Waals surface area (Å²) in [5, 5.41) is 9.06. The molecule has 1 aliphatic heterocycles. The van der Waals surface area contributed by atoms with Crippen molar-refractivity contribution in [1.29, 1.82) is 0 Å². The van der Waals surface area contributed by atoms with E-state index in [9.17, 15) is 9.59 Å². The van der Waals surface area contributed by atoms with Crippen LogP contribution in [0.1, 0.15) is 18.2 Å².